The van der Waals surface area contributed by atoms with Crippen LogP contribution < -0.4 is 14.2 Å². The van der Waals surface area contributed by atoms with Crippen molar-refractivity contribution >= 4 is 5.97 Å². The van der Waals surface area contributed by atoms with Gasteiger partial charge < -0.3 is 14.2 Å². The molecule has 2 aromatic rings. The second-order valence-corrected chi connectivity index (χ2v) is 8.34. The number of carbonyl (C=O) groups excluding carboxylic acids is 1. The Morgan fingerprint density at radius 2 is 1.18 bits per heavy atom. The van der Waals surface area contributed by atoms with E-state index in [0.29, 0.717) is 24.5 Å². The van der Waals surface area contributed by atoms with Crippen molar-refractivity contribution in [3.05, 3.63) is 66.7 Å². The van der Waals surface area contributed by atoms with Crippen LogP contribution in [0.5, 0.6) is 17.2 Å². The maximum atomic E-state index is 12.4. The van der Waals surface area contributed by atoms with Gasteiger partial charge >= 0.3 is 5.97 Å². The van der Waals surface area contributed by atoms with Crippen LogP contribution in [0.2, 0.25) is 0 Å². The second kappa shape index (κ2) is 16.8. The van der Waals surface area contributed by atoms with E-state index in [-0.39, 0.29) is 5.97 Å². The average Bonchev–Trinajstić information content (AvgIpc) is 2.84. The van der Waals surface area contributed by atoms with Crippen molar-refractivity contribution in [2.24, 2.45) is 0 Å². The predicted octanol–water partition coefficient (Wildman–Crippen LogP) is 8.16. The Hall–Kier alpha value is -2.75. The Morgan fingerprint density at radius 3 is 1.76 bits per heavy atom. The van der Waals surface area contributed by atoms with E-state index in [1.807, 2.05) is 30.3 Å². The molecule has 0 saturated heterocycles. The van der Waals surface area contributed by atoms with Crippen molar-refractivity contribution in [1.29, 1.82) is 0 Å². The van der Waals surface area contributed by atoms with Gasteiger partial charge in [-0.05, 0) is 74.2 Å². The zero-order valence-electron chi connectivity index (χ0n) is 20.2. The zero-order chi connectivity index (χ0) is 23.6. The van der Waals surface area contributed by atoms with Gasteiger partial charge in [0.2, 0.25) is 0 Å². The second-order valence-electron chi connectivity index (χ2n) is 8.34. The van der Waals surface area contributed by atoms with E-state index < -0.39 is 0 Å². The summed E-state index contributed by atoms with van der Waals surface area (Å²) in [4.78, 5) is 12.4. The van der Waals surface area contributed by atoms with Crippen LogP contribution in [0, 0.1) is 0 Å². The molecule has 0 unspecified atom stereocenters. The monoisotopic (exact) mass is 452 g/mol. The molecule has 4 nitrogen and oxygen atoms in total. The van der Waals surface area contributed by atoms with Gasteiger partial charge in [-0.25, -0.2) is 4.79 Å². The normalized spacial score (nSPS) is 10.6. The first-order valence-electron chi connectivity index (χ1n) is 12.5. The lowest BCUT2D eigenvalue weighted by molar-refractivity contribution is 0.0734. The number of hydrogen-bond acceptors (Lipinski definition) is 4. The van der Waals surface area contributed by atoms with Crippen LogP contribution in [0.3, 0.4) is 0 Å². The van der Waals surface area contributed by atoms with E-state index in [0.717, 1.165) is 37.2 Å². The molecule has 0 spiro atoms. The number of carbonyl (C=O) groups is 1. The number of allylic oxidation sites excluding steroid dienone is 1. The third kappa shape index (κ3) is 11.6. The van der Waals surface area contributed by atoms with Crippen LogP contribution in [0.15, 0.2) is 61.2 Å². The third-order valence-corrected chi connectivity index (χ3v) is 5.46. The molecule has 180 valence electrons. The van der Waals surface area contributed by atoms with Crippen molar-refractivity contribution in [2.45, 2.75) is 77.6 Å². The quantitative estimate of drug-likeness (QED) is 0.0990. The highest BCUT2D eigenvalue weighted by Crippen LogP contribution is 2.20. The minimum absolute atomic E-state index is 0.386. The van der Waals surface area contributed by atoms with E-state index >= 15 is 0 Å². The molecule has 0 aromatic heterocycles. The first-order chi connectivity index (χ1) is 16.2. The smallest absolute Gasteiger partial charge is 0.343 e. The molecule has 33 heavy (non-hydrogen) atoms. The number of benzene rings is 2. The van der Waals surface area contributed by atoms with Gasteiger partial charge in [-0.1, -0.05) is 57.9 Å². The summed E-state index contributed by atoms with van der Waals surface area (Å²) in [6, 6.07) is 14.3. The van der Waals surface area contributed by atoms with Crippen molar-refractivity contribution in [3.8, 4) is 17.2 Å². The molecular formula is C29H40O4. The Labute approximate surface area is 200 Å². The summed E-state index contributed by atoms with van der Waals surface area (Å²) < 4.78 is 17.0. The molecule has 0 aliphatic heterocycles. The Kier molecular flexibility index (Phi) is 13.5. The molecule has 0 bridgehead atoms. The third-order valence-electron chi connectivity index (χ3n) is 5.46. The lowest BCUT2D eigenvalue weighted by Gasteiger charge is -2.09. The summed E-state index contributed by atoms with van der Waals surface area (Å²) in [6.45, 7) is 7.34. The van der Waals surface area contributed by atoms with Crippen LogP contribution >= 0.6 is 0 Å². The summed E-state index contributed by atoms with van der Waals surface area (Å²) in [5, 5.41) is 0. The van der Waals surface area contributed by atoms with Gasteiger partial charge in [0.05, 0.1) is 18.8 Å². The van der Waals surface area contributed by atoms with Crippen LogP contribution in [0.25, 0.3) is 0 Å². The molecule has 0 atom stereocenters. The fraction of sp³-hybridized carbons (Fsp3) is 0.483. The lowest BCUT2D eigenvalue weighted by Crippen LogP contribution is -2.08. The van der Waals surface area contributed by atoms with E-state index in [1.165, 1.54) is 44.9 Å². The van der Waals surface area contributed by atoms with Crippen molar-refractivity contribution in [2.75, 3.05) is 13.2 Å². The number of rotatable bonds is 18. The first kappa shape index (κ1) is 26.5. The highest BCUT2D eigenvalue weighted by molar-refractivity contribution is 5.91. The molecular weight excluding hydrogens is 412 g/mol. The maximum Gasteiger partial charge on any atom is 0.343 e. The Balaban J connectivity index is 1.64. The summed E-state index contributed by atoms with van der Waals surface area (Å²) in [5.41, 5.74) is 0.497. The molecule has 0 heterocycles. The van der Waals surface area contributed by atoms with Crippen molar-refractivity contribution in [3.63, 3.8) is 0 Å². The summed E-state index contributed by atoms with van der Waals surface area (Å²) >= 11 is 0. The summed E-state index contributed by atoms with van der Waals surface area (Å²) in [7, 11) is 0. The van der Waals surface area contributed by atoms with Crippen LogP contribution in [-0.4, -0.2) is 19.2 Å². The Morgan fingerprint density at radius 1 is 0.697 bits per heavy atom. The molecule has 0 aliphatic rings. The molecule has 0 N–H and O–H groups in total. The number of ether oxygens (including phenoxy) is 3. The predicted molar refractivity (Wildman–Crippen MR) is 135 cm³/mol. The van der Waals surface area contributed by atoms with Crippen LogP contribution in [0.1, 0.15) is 87.9 Å². The van der Waals surface area contributed by atoms with E-state index in [9.17, 15) is 4.79 Å². The van der Waals surface area contributed by atoms with Crippen molar-refractivity contribution in [1.82, 2.24) is 0 Å². The van der Waals surface area contributed by atoms with Crippen molar-refractivity contribution < 1.29 is 19.0 Å². The maximum absolute atomic E-state index is 12.4. The minimum Gasteiger partial charge on any atom is -0.494 e. The SMILES string of the molecule is C=CCCCCOc1ccc(OC(=O)c2ccc(OCCCCCCCCCC)cc2)cc1. The van der Waals surface area contributed by atoms with Gasteiger partial charge in [-0.3, -0.25) is 0 Å². The molecule has 0 aliphatic carbocycles. The Bertz CT molecular complexity index is 780. The van der Waals surface area contributed by atoms with Gasteiger partial charge in [-0.2, -0.15) is 0 Å². The highest BCUT2D eigenvalue weighted by Gasteiger charge is 2.09. The molecule has 2 rings (SSSR count). The number of unbranched alkanes of at least 4 members (excludes halogenated alkanes) is 9. The van der Waals surface area contributed by atoms with Crippen LogP contribution in [-0.2, 0) is 0 Å². The van der Waals surface area contributed by atoms with Gasteiger partial charge in [-0.15, -0.1) is 6.58 Å². The molecule has 0 saturated carbocycles. The van der Waals surface area contributed by atoms with E-state index in [2.05, 4.69) is 13.5 Å². The molecule has 4 heteroatoms. The van der Waals surface area contributed by atoms with Gasteiger partial charge in [0, 0.05) is 0 Å². The zero-order valence-corrected chi connectivity index (χ0v) is 20.2. The lowest BCUT2D eigenvalue weighted by atomic mass is 10.1. The van der Waals surface area contributed by atoms with Crippen LogP contribution in [0.4, 0.5) is 0 Å². The first-order valence-corrected chi connectivity index (χ1v) is 12.5. The van der Waals surface area contributed by atoms with Gasteiger partial charge in [0.25, 0.3) is 0 Å². The van der Waals surface area contributed by atoms with Gasteiger partial charge in [0.15, 0.2) is 0 Å². The topological polar surface area (TPSA) is 44.8 Å². The molecule has 0 radical (unpaired) electrons. The summed E-state index contributed by atoms with van der Waals surface area (Å²) in [6.07, 6.45) is 15.2. The highest BCUT2D eigenvalue weighted by atomic mass is 16.5. The molecule has 2 aromatic carbocycles. The molecule has 0 fully saturated rings. The number of hydrogen-bond donors (Lipinski definition) is 0. The number of esters is 1. The van der Waals surface area contributed by atoms with Gasteiger partial charge in [0.1, 0.15) is 17.2 Å². The fourth-order valence-corrected chi connectivity index (χ4v) is 3.46. The largest absolute Gasteiger partial charge is 0.494 e. The minimum atomic E-state index is -0.386. The fourth-order valence-electron chi connectivity index (χ4n) is 3.46. The molecule has 0 amide bonds. The standard InChI is InChI=1S/C29H40O4/c1-3-5-7-9-10-11-12-14-24-31-26-17-15-25(16-18-26)29(30)33-28-21-19-27(20-22-28)32-23-13-8-6-4-2/h4,15-22H,2-3,5-14,23-24H2,1H3. The van der Waals surface area contributed by atoms with E-state index in [4.69, 9.17) is 14.2 Å². The summed E-state index contributed by atoms with van der Waals surface area (Å²) in [5.74, 6) is 1.66. The average molecular weight is 453 g/mol. The van der Waals surface area contributed by atoms with E-state index in [1.54, 1.807) is 24.3 Å².